The molecule has 0 saturated heterocycles. The van der Waals surface area contributed by atoms with Gasteiger partial charge < -0.3 is 9.30 Å². The van der Waals surface area contributed by atoms with Gasteiger partial charge in [0.05, 0.1) is 11.0 Å². The van der Waals surface area contributed by atoms with E-state index in [4.69, 9.17) is 4.74 Å². The van der Waals surface area contributed by atoms with Gasteiger partial charge in [-0.05, 0) is 63.4 Å². The number of hydrogen-bond acceptors (Lipinski definition) is 1. The van der Waals surface area contributed by atoms with Crippen molar-refractivity contribution in [2.24, 2.45) is 0 Å². The Hall–Kier alpha value is -6.12. The van der Waals surface area contributed by atoms with Crippen molar-refractivity contribution in [1.29, 1.82) is 0 Å². The highest BCUT2D eigenvalue weighted by Crippen LogP contribution is 2.49. The number of aromatic nitrogens is 1. The summed E-state index contributed by atoms with van der Waals surface area (Å²) in [7, 11) is 0. The molecule has 0 bridgehead atoms. The minimum absolute atomic E-state index is 0.909. The van der Waals surface area contributed by atoms with Crippen molar-refractivity contribution in [3.63, 3.8) is 0 Å². The molecule has 1 aromatic heterocycles. The lowest BCUT2D eigenvalue weighted by Crippen LogP contribution is -1.97. The summed E-state index contributed by atoms with van der Waals surface area (Å²) in [4.78, 5) is 0. The van der Waals surface area contributed by atoms with Gasteiger partial charge in [0.15, 0.2) is 0 Å². The Bertz CT molecular complexity index is 2660. The molecule has 1 aliphatic rings. The van der Waals surface area contributed by atoms with Crippen molar-refractivity contribution >= 4 is 43.4 Å². The van der Waals surface area contributed by atoms with Gasteiger partial charge in [0.1, 0.15) is 11.5 Å². The van der Waals surface area contributed by atoms with E-state index in [2.05, 4.69) is 156 Å². The zero-order valence-electron chi connectivity index (χ0n) is 24.9. The van der Waals surface area contributed by atoms with E-state index in [1.807, 2.05) is 12.1 Å². The first-order chi connectivity index (χ1) is 22.8. The maximum absolute atomic E-state index is 6.39. The van der Waals surface area contributed by atoms with Crippen LogP contribution in [0.25, 0.3) is 82.4 Å². The minimum Gasteiger partial charge on any atom is -0.456 e. The van der Waals surface area contributed by atoms with Crippen LogP contribution in [0.3, 0.4) is 0 Å². The van der Waals surface area contributed by atoms with Crippen molar-refractivity contribution in [3.05, 3.63) is 164 Å². The molecule has 0 fully saturated rings. The molecular weight excluding hydrogens is 558 g/mol. The number of para-hydroxylation sites is 3. The van der Waals surface area contributed by atoms with Crippen LogP contribution >= 0.6 is 0 Å². The van der Waals surface area contributed by atoms with Gasteiger partial charge >= 0.3 is 0 Å². The average molecular weight is 586 g/mol. The Balaban J connectivity index is 1.23. The molecule has 10 rings (SSSR count). The molecule has 0 unspecified atom stereocenters. The van der Waals surface area contributed by atoms with Gasteiger partial charge in [-0.2, -0.15) is 0 Å². The lowest BCUT2D eigenvalue weighted by atomic mass is 9.89. The fourth-order valence-corrected chi connectivity index (χ4v) is 7.58. The topological polar surface area (TPSA) is 14.2 Å². The summed E-state index contributed by atoms with van der Waals surface area (Å²) in [5.74, 6) is 1.82. The van der Waals surface area contributed by atoms with Crippen LogP contribution < -0.4 is 4.74 Å². The highest BCUT2D eigenvalue weighted by atomic mass is 16.5. The normalized spacial score (nSPS) is 12.1. The second-order valence-electron chi connectivity index (χ2n) is 12.1. The molecule has 0 atom stereocenters. The Labute approximate surface area is 266 Å². The summed E-state index contributed by atoms with van der Waals surface area (Å²) in [6.45, 7) is 0. The van der Waals surface area contributed by atoms with Gasteiger partial charge in [0.25, 0.3) is 0 Å². The van der Waals surface area contributed by atoms with Gasteiger partial charge in [-0.3, -0.25) is 0 Å². The summed E-state index contributed by atoms with van der Waals surface area (Å²) in [6.07, 6.45) is 0. The zero-order chi connectivity index (χ0) is 30.2. The van der Waals surface area contributed by atoms with Gasteiger partial charge in [0, 0.05) is 38.4 Å². The smallest absolute Gasteiger partial charge is 0.135 e. The molecule has 46 heavy (non-hydrogen) atoms. The van der Waals surface area contributed by atoms with Crippen LogP contribution in [0.15, 0.2) is 164 Å². The molecule has 8 aromatic carbocycles. The van der Waals surface area contributed by atoms with E-state index in [0.717, 1.165) is 22.7 Å². The second kappa shape index (κ2) is 9.69. The van der Waals surface area contributed by atoms with Crippen LogP contribution in [0.1, 0.15) is 0 Å². The molecule has 2 nitrogen and oxygen atoms in total. The maximum Gasteiger partial charge on any atom is 0.135 e. The van der Waals surface area contributed by atoms with E-state index in [0.29, 0.717) is 0 Å². The van der Waals surface area contributed by atoms with Crippen LogP contribution in [0, 0.1) is 0 Å². The molecule has 214 valence electrons. The fraction of sp³-hybridized carbons (Fsp3) is 0. The third-order valence-corrected chi connectivity index (χ3v) is 9.57. The Morgan fingerprint density at radius 1 is 0.370 bits per heavy atom. The monoisotopic (exact) mass is 585 g/mol. The van der Waals surface area contributed by atoms with Crippen LogP contribution in [0.5, 0.6) is 11.5 Å². The fourth-order valence-electron chi connectivity index (χ4n) is 7.58. The predicted molar refractivity (Wildman–Crippen MR) is 192 cm³/mol. The van der Waals surface area contributed by atoms with E-state index in [-0.39, 0.29) is 0 Å². The van der Waals surface area contributed by atoms with E-state index in [1.165, 1.54) is 71.2 Å². The summed E-state index contributed by atoms with van der Waals surface area (Å²) in [5, 5.41) is 7.39. The Morgan fingerprint density at radius 2 is 1.04 bits per heavy atom. The van der Waals surface area contributed by atoms with Crippen molar-refractivity contribution in [1.82, 2.24) is 4.57 Å². The SMILES string of the molecule is c1ccc(-n2c3c(-c4cccc(-c5ccc6c7c(cccc57)-c5ccccc5O6)c4)cccc3c3ccc4ccccc4c32)cc1. The van der Waals surface area contributed by atoms with Crippen LogP contribution in [0.4, 0.5) is 0 Å². The second-order valence-corrected chi connectivity index (χ2v) is 12.1. The van der Waals surface area contributed by atoms with Gasteiger partial charge in [-0.25, -0.2) is 0 Å². The van der Waals surface area contributed by atoms with Crippen LogP contribution in [-0.4, -0.2) is 4.57 Å². The molecule has 0 aliphatic carbocycles. The Morgan fingerprint density at radius 3 is 1.96 bits per heavy atom. The third-order valence-electron chi connectivity index (χ3n) is 9.57. The number of nitrogens with zero attached hydrogens (tertiary/aromatic N) is 1. The number of fused-ring (bicyclic) bond motifs is 7. The average Bonchev–Trinajstić information content (AvgIpc) is 3.47. The van der Waals surface area contributed by atoms with E-state index >= 15 is 0 Å². The molecule has 0 radical (unpaired) electrons. The summed E-state index contributed by atoms with van der Waals surface area (Å²) in [6, 6.07) is 59.0. The minimum atomic E-state index is 0.909. The first kappa shape index (κ1) is 25.2. The Kier molecular flexibility index (Phi) is 5.31. The number of benzene rings is 8. The molecule has 0 amide bonds. The number of ether oxygens (including phenoxy) is 1. The molecule has 2 heterocycles. The summed E-state index contributed by atoms with van der Waals surface area (Å²) in [5.41, 5.74) is 10.8. The van der Waals surface area contributed by atoms with Crippen molar-refractivity contribution in [2.45, 2.75) is 0 Å². The quantitative estimate of drug-likeness (QED) is 0.201. The summed E-state index contributed by atoms with van der Waals surface area (Å²) < 4.78 is 8.86. The highest BCUT2D eigenvalue weighted by molar-refractivity contribution is 6.21. The van der Waals surface area contributed by atoms with E-state index < -0.39 is 0 Å². The van der Waals surface area contributed by atoms with Crippen molar-refractivity contribution in [3.8, 4) is 50.6 Å². The molecule has 0 N–H and O–H groups in total. The third kappa shape index (κ3) is 3.59. The molecule has 1 aliphatic heterocycles. The molecule has 0 spiro atoms. The molecular formula is C44H27NO. The maximum atomic E-state index is 6.39. The standard InChI is InChI=1S/C44H27NO/c1-2-14-31(15-3-1)45-43-33-16-5-4-11-28(33)23-24-39(43)38-21-9-18-34(44(38)45)30-13-8-12-29(27-30)32-25-26-41-42-36(32)19-10-20-37(42)35-17-6-7-22-40(35)46-41/h1-27H. The van der Waals surface area contributed by atoms with E-state index in [9.17, 15) is 0 Å². The van der Waals surface area contributed by atoms with Crippen LogP contribution in [0.2, 0.25) is 0 Å². The molecule has 2 heteroatoms. The van der Waals surface area contributed by atoms with Crippen molar-refractivity contribution < 1.29 is 4.74 Å². The van der Waals surface area contributed by atoms with Gasteiger partial charge in [-0.1, -0.05) is 133 Å². The largest absolute Gasteiger partial charge is 0.456 e. The highest BCUT2D eigenvalue weighted by Gasteiger charge is 2.22. The molecule has 9 aromatic rings. The van der Waals surface area contributed by atoms with Crippen molar-refractivity contribution in [2.75, 3.05) is 0 Å². The zero-order valence-corrected chi connectivity index (χ0v) is 24.9. The molecule has 0 saturated carbocycles. The van der Waals surface area contributed by atoms with Gasteiger partial charge in [-0.15, -0.1) is 0 Å². The lowest BCUT2D eigenvalue weighted by molar-refractivity contribution is 0.487. The predicted octanol–water partition coefficient (Wildman–Crippen LogP) is 12.2. The van der Waals surface area contributed by atoms with Gasteiger partial charge in [0.2, 0.25) is 0 Å². The number of hydrogen-bond donors (Lipinski definition) is 0. The number of rotatable bonds is 3. The lowest BCUT2D eigenvalue weighted by Gasteiger charge is -2.22. The summed E-state index contributed by atoms with van der Waals surface area (Å²) >= 11 is 0. The van der Waals surface area contributed by atoms with Crippen LogP contribution in [-0.2, 0) is 0 Å². The first-order valence-corrected chi connectivity index (χ1v) is 15.8. The first-order valence-electron chi connectivity index (χ1n) is 15.8. The van der Waals surface area contributed by atoms with E-state index in [1.54, 1.807) is 0 Å².